The fourth-order valence-electron chi connectivity index (χ4n) is 7.01. The lowest BCUT2D eigenvalue weighted by Gasteiger charge is -2.45. The molecule has 0 aromatic heterocycles. The van der Waals surface area contributed by atoms with Crippen molar-refractivity contribution in [2.75, 3.05) is 58.6 Å². The summed E-state index contributed by atoms with van der Waals surface area (Å²) in [6.45, 7) is 9.67. The van der Waals surface area contributed by atoms with Crippen LogP contribution in [0.1, 0.15) is 67.7 Å². The van der Waals surface area contributed by atoms with Crippen molar-refractivity contribution >= 4 is 21.7 Å². The second-order valence-electron chi connectivity index (χ2n) is 14.4. The van der Waals surface area contributed by atoms with Gasteiger partial charge in [0.25, 0.3) is 0 Å². The van der Waals surface area contributed by atoms with E-state index in [1.807, 2.05) is 31.2 Å². The van der Waals surface area contributed by atoms with Crippen molar-refractivity contribution in [3.63, 3.8) is 0 Å². The number of benzene rings is 3. The fourth-order valence-corrected chi connectivity index (χ4v) is 8.74. The average molecular weight is 739 g/mol. The van der Waals surface area contributed by atoms with E-state index >= 15 is 0 Å². The standard InChI is InChI=1S/C40H54N2O9S/c1-29-7-14-35(15-8-29)52(45,46)42-34(26-40(2,3)39(43)44)24-33(32-12-9-30(10-13-32)27-49-22-21-48-5)25-38(42)51-28-31-11-16-37-36(23-31)41(18-20-50-37)17-6-19-47-4/h7-16,23,33-34,38H,6,17-22,24-28H2,1-5H3,(H,43,44)/t33-,34-,38?/m1/s1. The second-order valence-corrected chi connectivity index (χ2v) is 16.2. The lowest BCUT2D eigenvalue weighted by atomic mass is 9.78. The zero-order valence-corrected chi connectivity index (χ0v) is 31.9. The summed E-state index contributed by atoms with van der Waals surface area (Å²) in [7, 11) is -0.759. The van der Waals surface area contributed by atoms with E-state index in [1.165, 1.54) is 4.31 Å². The Balaban J connectivity index is 1.48. The van der Waals surface area contributed by atoms with Gasteiger partial charge < -0.3 is 33.7 Å². The molecular formula is C40H54N2O9S. The molecule has 3 aromatic carbocycles. The van der Waals surface area contributed by atoms with Gasteiger partial charge in [-0.05, 0) is 93.3 Å². The third kappa shape index (κ3) is 9.91. The lowest BCUT2D eigenvalue weighted by molar-refractivity contribution is -0.149. The monoisotopic (exact) mass is 738 g/mol. The highest BCUT2D eigenvalue weighted by molar-refractivity contribution is 7.89. The molecule has 3 atom stereocenters. The fraction of sp³-hybridized carbons (Fsp3) is 0.525. The minimum Gasteiger partial charge on any atom is -0.490 e. The highest BCUT2D eigenvalue weighted by Gasteiger charge is 2.47. The summed E-state index contributed by atoms with van der Waals surface area (Å²) in [4.78, 5) is 14.9. The first kappa shape index (κ1) is 39.7. The highest BCUT2D eigenvalue weighted by Crippen LogP contribution is 2.43. The van der Waals surface area contributed by atoms with Crippen LogP contribution in [0.5, 0.6) is 5.75 Å². The van der Waals surface area contributed by atoms with Crippen LogP contribution in [0.2, 0.25) is 0 Å². The van der Waals surface area contributed by atoms with Crippen molar-refractivity contribution < 1.29 is 42.0 Å². The molecule has 2 heterocycles. The van der Waals surface area contributed by atoms with Crippen LogP contribution in [0.4, 0.5) is 5.69 Å². The zero-order valence-electron chi connectivity index (χ0n) is 31.1. The van der Waals surface area contributed by atoms with Crippen LogP contribution < -0.4 is 9.64 Å². The first-order valence-electron chi connectivity index (χ1n) is 18.0. The van der Waals surface area contributed by atoms with Crippen molar-refractivity contribution in [3.8, 4) is 5.75 Å². The maximum Gasteiger partial charge on any atom is 0.309 e. The lowest BCUT2D eigenvalue weighted by Crippen LogP contribution is -2.54. The molecule has 1 N–H and O–H groups in total. The molecule has 0 spiro atoms. The maximum absolute atomic E-state index is 14.6. The molecule has 0 saturated carbocycles. The summed E-state index contributed by atoms with van der Waals surface area (Å²) >= 11 is 0. The number of nitrogens with zero attached hydrogens (tertiary/aromatic N) is 2. The van der Waals surface area contributed by atoms with Gasteiger partial charge in [-0.25, -0.2) is 8.42 Å². The van der Waals surface area contributed by atoms with E-state index in [9.17, 15) is 18.3 Å². The highest BCUT2D eigenvalue weighted by atomic mass is 32.2. The molecule has 1 saturated heterocycles. The minimum absolute atomic E-state index is 0.0827. The number of fused-ring (bicyclic) bond motifs is 1. The summed E-state index contributed by atoms with van der Waals surface area (Å²) in [5.74, 6) is -0.262. The number of aryl methyl sites for hydroxylation is 1. The van der Waals surface area contributed by atoms with E-state index in [1.54, 1.807) is 52.3 Å². The number of anilines is 1. The maximum atomic E-state index is 14.6. The normalized spacial score (nSPS) is 19.6. The third-order valence-corrected chi connectivity index (χ3v) is 11.9. The van der Waals surface area contributed by atoms with Gasteiger partial charge in [0, 0.05) is 33.4 Å². The van der Waals surface area contributed by atoms with Gasteiger partial charge in [-0.3, -0.25) is 4.79 Å². The molecule has 2 aliphatic rings. The number of hydrogen-bond donors (Lipinski definition) is 1. The predicted octanol–water partition coefficient (Wildman–Crippen LogP) is 6.37. The number of hydrogen-bond acceptors (Lipinski definition) is 9. The number of rotatable bonds is 18. The average Bonchev–Trinajstić information content (AvgIpc) is 3.12. The molecule has 2 aliphatic heterocycles. The number of carbonyl (C=O) groups is 1. The predicted molar refractivity (Wildman–Crippen MR) is 199 cm³/mol. The number of sulfonamides is 1. The number of ether oxygens (including phenoxy) is 5. The van der Waals surface area contributed by atoms with Crippen molar-refractivity contribution in [2.24, 2.45) is 5.41 Å². The van der Waals surface area contributed by atoms with Crippen molar-refractivity contribution in [3.05, 3.63) is 89.0 Å². The van der Waals surface area contributed by atoms with Gasteiger partial charge in [-0.2, -0.15) is 4.31 Å². The summed E-state index contributed by atoms with van der Waals surface area (Å²) in [6, 6.07) is 20.3. The SMILES string of the molecule is COCCCN1CCOc2ccc(COC3C[C@H](c4ccc(COCCOC)cc4)C[C@H](CC(C)(C)C(=O)O)N3S(=O)(=O)c3ccc(C)cc3)cc21. The van der Waals surface area contributed by atoms with Gasteiger partial charge in [0.1, 0.15) is 18.6 Å². The van der Waals surface area contributed by atoms with E-state index in [0.29, 0.717) is 45.9 Å². The number of carboxylic acids is 1. The molecule has 284 valence electrons. The zero-order chi connectivity index (χ0) is 37.3. The molecular weight excluding hydrogens is 685 g/mol. The first-order chi connectivity index (χ1) is 24.9. The van der Waals surface area contributed by atoms with E-state index in [-0.39, 0.29) is 23.8 Å². The smallest absolute Gasteiger partial charge is 0.309 e. The van der Waals surface area contributed by atoms with E-state index in [2.05, 4.69) is 23.1 Å². The van der Waals surface area contributed by atoms with Gasteiger partial charge in [-0.1, -0.05) is 48.0 Å². The topological polar surface area (TPSA) is 124 Å². The summed E-state index contributed by atoms with van der Waals surface area (Å²) < 4.78 is 59.4. The van der Waals surface area contributed by atoms with Crippen molar-refractivity contribution in [2.45, 2.75) is 82.8 Å². The number of aliphatic carboxylic acids is 1. The first-order valence-corrected chi connectivity index (χ1v) is 19.5. The molecule has 12 heteroatoms. The summed E-state index contributed by atoms with van der Waals surface area (Å²) in [5.41, 5.74) is 3.67. The van der Waals surface area contributed by atoms with Crippen LogP contribution in [0, 0.1) is 12.3 Å². The Morgan fingerprint density at radius 2 is 1.63 bits per heavy atom. The van der Waals surface area contributed by atoms with Crippen LogP contribution in [0.25, 0.3) is 0 Å². The second kappa shape index (κ2) is 18.0. The van der Waals surface area contributed by atoms with Crippen LogP contribution in [-0.2, 0) is 47.0 Å². The molecule has 0 bridgehead atoms. The van der Waals surface area contributed by atoms with Gasteiger partial charge >= 0.3 is 5.97 Å². The molecule has 1 unspecified atom stereocenters. The molecule has 5 rings (SSSR count). The van der Waals surface area contributed by atoms with Crippen LogP contribution >= 0.6 is 0 Å². The van der Waals surface area contributed by atoms with Gasteiger partial charge in [0.15, 0.2) is 0 Å². The van der Waals surface area contributed by atoms with E-state index in [0.717, 1.165) is 53.2 Å². The molecule has 0 radical (unpaired) electrons. The number of piperidine rings is 1. The Labute approximate surface area is 308 Å². The Kier molecular flexibility index (Phi) is 13.7. The Morgan fingerprint density at radius 1 is 0.923 bits per heavy atom. The Bertz CT molecular complexity index is 1710. The van der Waals surface area contributed by atoms with Crippen LogP contribution in [-0.4, -0.2) is 89.8 Å². The van der Waals surface area contributed by atoms with Crippen molar-refractivity contribution in [1.82, 2.24) is 4.31 Å². The Hall–Kier alpha value is -3.52. The molecule has 0 amide bonds. The largest absolute Gasteiger partial charge is 0.490 e. The number of carboxylic acid groups (broad SMARTS) is 1. The van der Waals surface area contributed by atoms with Crippen LogP contribution in [0.15, 0.2) is 71.6 Å². The van der Waals surface area contributed by atoms with E-state index < -0.39 is 33.7 Å². The van der Waals surface area contributed by atoms with Gasteiger partial charge in [0.2, 0.25) is 10.0 Å². The summed E-state index contributed by atoms with van der Waals surface area (Å²) in [5, 5.41) is 10.2. The van der Waals surface area contributed by atoms with Gasteiger partial charge in [-0.15, -0.1) is 0 Å². The third-order valence-electron chi connectivity index (χ3n) is 9.96. The van der Waals surface area contributed by atoms with Crippen LogP contribution in [0.3, 0.4) is 0 Å². The quantitative estimate of drug-likeness (QED) is 0.147. The van der Waals surface area contributed by atoms with Crippen molar-refractivity contribution in [1.29, 1.82) is 0 Å². The molecule has 3 aromatic rings. The molecule has 11 nitrogen and oxygen atoms in total. The molecule has 1 fully saturated rings. The van der Waals surface area contributed by atoms with E-state index in [4.69, 9.17) is 23.7 Å². The molecule has 0 aliphatic carbocycles. The van der Waals surface area contributed by atoms with Gasteiger partial charge in [0.05, 0.1) is 49.0 Å². The minimum atomic E-state index is -4.09. The molecule has 52 heavy (non-hydrogen) atoms. The summed E-state index contributed by atoms with van der Waals surface area (Å²) in [6.07, 6.45) is 0.972. The Morgan fingerprint density at radius 3 is 2.33 bits per heavy atom. The number of methoxy groups -OCH3 is 2.